The zero-order chi connectivity index (χ0) is 20.4. The summed E-state index contributed by atoms with van der Waals surface area (Å²) < 4.78 is 5.90. The normalized spacial score (nSPS) is 24.4. The third-order valence-electron chi connectivity index (χ3n) is 5.49. The lowest BCUT2D eigenvalue weighted by molar-refractivity contribution is -0.175. The second-order valence-corrected chi connectivity index (χ2v) is 7.52. The molecule has 28 heavy (non-hydrogen) atoms. The van der Waals surface area contributed by atoms with Crippen LogP contribution in [0.5, 0.6) is 5.75 Å². The maximum absolute atomic E-state index is 13.5. The predicted octanol–water partition coefficient (Wildman–Crippen LogP) is 1.73. The summed E-state index contributed by atoms with van der Waals surface area (Å²) in [7, 11) is 0. The molecule has 0 spiro atoms. The highest BCUT2D eigenvalue weighted by Gasteiger charge is 2.72. The van der Waals surface area contributed by atoms with Crippen molar-refractivity contribution in [3.8, 4) is 5.75 Å². The number of hydrogen-bond donors (Lipinski definition) is 3. The lowest BCUT2D eigenvalue weighted by Crippen LogP contribution is -2.61. The minimum atomic E-state index is -2.21. The summed E-state index contributed by atoms with van der Waals surface area (Å²) in [6, 6.07) is 9.83. The molecule has 1 aliphatic heterocycles. The van der Waals surface area contributed by atoms with Crippen molar-refractivity contribution in [1.29, 1.82) is 0 Å². The number of benzene rings is 2. The zero-order valence-corrected chi connectivity index (χ0v) is 15.7. The standard InChI is InChI=1S/C21H20N2O5/c1-10(2)12-7-8-13-16(9-12)28-21(27)14-5-4-6-15(22)17(14)18(25)20(13,21)23-19(26)11(3)24/h4-10,27H,22H2,1-3H3,(H,23,26). The Bertz CT molecular complexity index is 1060. The molecule has 0 radical (unpaired) electrons. The maximum Gasteiger partial charge on any atom is 0.288 e. The minimum absolute atomic E-state index is 0.0763. The Kier molecular flexibility index (Phi) is 3.67. The molecule has 2 aliphatic rings. The van der Waals surface area contributed by atoms with Crippen LogP contribution in [0.25, 0.3) is 0 Å². The molecule has 4 rings (SSSR count). The molecule has 0 saturated carbocycles. The van der Waals surface area contributed by atoms with Gasteiger partial charge in [-0.3, -0.25) is 14.4 Å². The summed E-state index contributed by atoms with van der Waals surface area (Å²) in [6.45, 7) is 5.09. The van der Waals surface area contributed by atoms with Gasteiger partial charge < -0.3 is 20.9 Å². The van der Waals surface area contributed by atoms with Crippen LogP contribution in [-0.4, -0.2) is 22.6 Å². The molecule has 4 N–H and O–H groups in total. The van der Waals surface area contributed by atoms with Crippen LogP contribution in [-0.2, 0) is 20.9 Å². The number of rotatable bonds is 3. The van der Waals surface area contributed by atoms with E-state index in [4.69, 9.17) is 10.5 Å². The van der Waals surface area contributed by atoms with E-state index in [9.17, 15) is 19.5 Å². The summed E-state index contributed by atoms with van der Waals surface area (Å²) in [4.78, 5) is 37.5. The van der Waals surface area contributed by atoms with Crippen LogP contribution < -0.4 is 15.8 Å². The van der Waals surface area contributed by atoms with Gasteiger partial charge in [0.15, 0.2) is 0 Å². The number of amides is 1. The molecule has 144 valence electrons. The third-order valence-corrected chi connectivity index (χ3v) is 5.49. The summed E-state index contributed by atoms with van der Waals surface area (Å²) in [6.07, 6.45) is 0. The Hall–Kier alpha value is -3.19. The maximum atomic E-state index is 13.5. The van der Waals surface area contributed by atoms with Gasteiger partial charge >= 0.3 is 0 Å². The zero-order valence-electron chi connectivity index (χ0n) is 15.7. The summed E-state index contributed by atoms with van der Waals surface area (Å²) in [5, 5.41) is 14.0. The van der Waals surface area contributed by atoms with Crippen LogP contribution in [0.4, 0.5) is 5.69 Å². The number of aliphatic hydroxyl groups is 1. The third kappa shape index (κ3) is 2.05. The average Bonchev–Trinajstić information content (AvgIpc) is 2.99. The van der Waals surface area contributed by atoms with E-state index in [0.29, 0.717) is 0 Å². The molecule has 0 saturated heterocycles. The van der Waals surface area contributed by atoms with Gasteiger partial charge in [0.2, 0.25) is 17.1 Å². The first kappa shape index (κ1) is 18.2. The van der Waals surface area contributed by atoms with Gasteiger partial charge in [-0.1, -0.05) is 38.1 Å². The Morgan fingerprint density at radius 1 is 1.18 bits per heavy atom. The highest BCUT2D eigenvalue weighted by atomic mass is 16.6. The fraction of sp³-hybridized carbons (Fsp3) is 0.286. The monoisotopic (exact) mass is 380 g/mol. The average molecular weight is 380 g/mol. The summed E-state index contributed by atoms with van der Waals surface area (Å²) in [5.74, 6) is -4.15. The molecule has 1 heterocycles. The van der Waals surface area contributed by atoms with Crippen molar-refractivity contribution in [3.05, 3.63) is 58.7 Å². The number of fused-ring (bicyclic) bond motifs is 5. The first-order chi connectivity index (χ1) is 13.1. The number of ether oxygens (including phenoxy) is 1. The van der Waals surface area contributed by atoms with Crippen molar-refractivity contribution in [2.75, 3.05) is 5.73 Å². The quantitative estimate of drug-likeness (QED) is 0.551. The molecule has 0 aromatic heterocycles. The van der Waals surface area contributed by atoms with E-state index in [1.54, 1.807) is 24.3 Å². The molecular formula is C21H20N2O5. The van der Waals surface area contributed by atoms with Crippen LogP contribution in [0.1, 0.15) is 53.7 Å². The molecule has 0 fully saturated rings. The van der Waals surface area contributed by atoms with E-state index in [1.807, 2.05) is 13.8 Å². The number of nitrogen functional groups attached to an aromatic ring is 1. The second kappa shape index (κ2) is 5.65. The second-order valence-electron chi connectivity index (χ2n) is 7.52. The molecular weight excluding hydrogens is 360 g/mol. The molecule has 1 amide bonds. The van der Waals surface area contributed by atoms with Crippen molar-refractivity contribution in [1.82, 2.24) is 5.32 Å². The SMILES string of the molecule is CC(=O)C(=O)NC12C(=O)c3c(N)cccc3C1(O)Oc1cc(C(C)C)ccc12. The molecule has 7 nitrogen and oxygen atoms in total. The summed E-state index contributed by atoms with van der Waals surface area (Å²) >= 11 is 0. The van der Waals surface area contributed by atoms with E-state index in [1.165, 1.54) is 12.1 Å². The first-order valence-corrected chi connectivity index (χ1v) is 8.96. The lowest BCUT2D eigenvalue weighted by Gasteiger charge is -2.34. The van der Waals surface area contributed by atoms with Gasteiger partial charge in [0.25, 0.3) is 11.7 Å². The first-order valence-electron chi connectivity index (χ1n) is 8.96. The van der Waals surface area contributed by atoms with Crippen molar-refractivity contribution in [2.24, 2.45) is 0 Å². The van der Waals surface area contributed by atoms with Gasteiger partial charge in [-0.2, -0.15) is 0 Å². The summed E-state index contributed by atoms with van der Waals surface area (Å²) in [5.41, 5.74) is 5.62. The number of carbonyl (C=O) groups is 3. The van der Waals surface area contributed by atoms with E-state index < -0.39 is 28.8 Å². The van der Waals surface area contributed by atoms with E-state index in [0.717, 1.165) is 12.5 Å². The van der Waals surface area contributed by atoms with Gasteiger partial charge in [0, 0.05) is 23.7 Å². The predicted molar refractivity (Wildman–Crippen MR) is 101 cm³/mol. The number of Topliss-reactive ketones (excluding diaryl/α,β-unsaturated/α-hetero) is 2. The smallest absolute Gasteiger partial charge is 0.288 e. The fourth-order valence-electron chi connectivity index (χ4n) is 4.00. The van der Waals surface area contributed by atoms with Crippen molar-refractivity contribution in [3.63, 3.8) is 0 Å². The number of carbonyl (C=O) groups excluding carboxylic acids is 3. The Labute approximate surface area is 161 Å². The molecule has 2 aromatic rings. The van der Waals surface area contributed by atoms with E-state index >= 15 is 0 Å². The Morgan fingerprint density at radius 2 is 1.89 bits per heavy atom. The molecule has 1 aliphatic carbocycles. The topological polar surface area (TPSA) is 119 Å². The van der Waals surface area contributed by atoms with Crippen LogP contribution >= 0.6 is 0 Å². The largest absolute Gasteiger partial charge is 0.454 e. The fourth-order valence-corrected chi connectivity index (χ4v) is 4.00. The van der Waals surface area contributed by atoms with Crippen LogP contribution in [0.2, 0.25) is 0 Å². The Balaban J connectivity index is 2.01. The number of ketones is 2. The molecule has 7 heteroatoms. The molecule has 2 atom stereocenters. The van der Waals surface area contributed by atoms with E-state index in [2.05, 4.69) is 5.32 Å². The molecule has 2 unspecified atom stereocenters. The van der Waals surface area contributed by atoms with Crippen molar-refractivity contribution in [2.45, 2.75) is 38.0 Å². The lowest BCUT2D eigenvalue weighted by atomic mass is 9.82. The van der Waals surface area contributed by atoms with Gasteiger partial charge in [-0.25, -0.2) is 0 Å². The van der Waals surface area contributed by atoms with Gasteiger partial charge in [0.1, 0.15) is 5.75 Å². The van der Waals surface area contributed by atoms with Crippen LogP contribution in [0.15, 0.2) is 36.4 Å². The Morgan fingerprint density at radius 3 is 2.54 bits per heavy atom. The minimum Gasteiger partial charge on any atom is -0.454 e. The van der Waals surface area contributed by atoms with Gasteiger partial charge in [-0.05, 0) is 23.6 Å². The van der Waals surface area contributed by atoms with Gasteiger partial charge in [-0.15, -0.1) is 0 Å². The van der Waals surface area contributed by atoms with E-state index in [-0.39, 0.29) is 34.0 Å². The molecule has 0 bridgehead atoms. The van der Waals surface area contributed by atoms with Crippen LogP contribution in [0, 0.1) is 0 Å². The van der Waals surface area contributed by atoms with Crippen molar-refractivity contribution >= 4 is 23.2 Å². The number of nitrogens with one attached hydrogen (secondary N) is 1. The number of nitrogens with two attached hydrogens (primary N) is 1. The highest BCUT2D eigenvalue weighted by Crippen LogP contribution is 2.59. The van der Waals surface area contributed by atoms with Crippen molar-refractivity contribution < 1.29 is 24.2 Å². The van der Waals surface area contributed by atoms with Gasteiger partial charge in [0.05, 0.1) is 5.56 Å². The number of hydrogen-bond acceptors (Lipinski definition) is 6. The molecule has 2 aromatic carbocycles. The highest BCUT2D eigenvalue weighted by molar-refractivity contribution is 6.36. The van der Waals surface area contributed by atoms with Crippen LogP contribution in [0.3, 0.4) is 0 Å². The number of anilines is 1.